The van der Waals surface area contributed by atoms with Crippen molar-refractivity contribution < 1.29 is 9.13 Å². The third-order valence-electron chi connectivity index (χ3n) is 3.58. The van der Waals surface area contributed by atoms with Crippen LogP contribution in [0.15, 0.2) is 12.1 Å². The molecule has 1 aromatic rings. The summed E-state index contributed by atoms with van der Waals surface area (Å²) < 4.78 is 18.5. The predicted molar refractivity (Wildman–Crippen MR) is 67.0 cm³/mol. The first-order valence-electron chi connectivity index (χ1n) is 6.24. The number of halogens is 1. The average molecular weight is 237 g/mol. The summed E-state index contributed by atoms with van der Waals surface area (Å²) in [5.74, 6) is 0.809. The van der Waals surface area contributed by atoms with Crippen LogP contribution in [0, 0.1) is 18.7 Å². The van der Waals surface area contributed by atoms with Crippen LogP contribution in [0.4, 0.5) is 4.39 Å². The maximum absolute atomic E-state index is 13.5. The zero-order valence-electron chi connectivity index (χ0n) is 10.6. The zero-order chi connectivity index (χ0) is 12.3. The zero-order valence-corrected chi connectivity index (χ0v) is 10.6. The minimum absolute atomic E-state index is 0.265. The molecule has 0 spiro atoms. The van der Waals surface area contributed by atoms with E-state index >= 15 is 0 Å². The van der Waals surface area contributed by atoms with Crippen LogP contribution in [0.25, 0.3) is 0 Å². The largest absolute Gasteiger partial charge is 0.494 e. The van der Waals surface area contributed by atoms with E-state index in [9.17, 15) is 4.39 Å². The Morgan fingerprint density at radius 3 is 2.71 bits per heavy atom. The second-order valence-corrected chi connectivity index (χ2v) is 4.81. The maximum atomic E-state index is 13.5. The fraction of sp³-hybridized carbons (Fsp3) is 0.571. The van der Waals surface area contributed by atoms with E-state index in [-0.39, 0.29) is 5.82 Å². The van der Waals surface area contributed by atoms with Gasteiger partial charge in [0.25, 0.3) is 0 Å². The average Bonchev–Trinajstić information content (AvgIpc) is 2.34. The molecule has 0 atom stereocenters. The lowest BCUT2D eigenvalue weighted by atomic mass is 9.89. The van der Waals surface area contributed by atoms with Crippen molar-refractivity contribution in [1.29, 1.82) is 0 Å². The number of benzene rings is 1. The van der Waals surface area contributed by atoms with Gasteiger partial charge in [-0.25, -0.2) is 4.39 Å². The number of hydrogen-bond acceptors (Lipinski definition) is 2. The molecule has 94 valence electrons. The molecule has 2 nitrogen and oxygen atoms in total. The lowest BCUT2D eigenvalue weighted by molar-refractivity contribution is 0.367. The van der Waals surface area contributed by atoms with Crippen molar-refractivity contribution in [2.75, 3.05) is 20.2 Å². The van der Waals surface area contributed by atoms with E-state index in [0.29, 0.717) is 11.7 Å². The first-order valence-corrected chi connectivity index (χ1v) is 6.24. The van der Waals surface area contributed by atoms with Gasteiger partial charge in [-0.1, -0.05) is 0 Å². The first-order chi connectivity index (χ1) is 8.20. The Labute approximate surface area is 102 Å². The third-order valence-corrected chi connectivity index (χ3v) is 3.58. The Bertz CT molecular complexity index is 386. The molecule has 17 heavy (non-hydrogen) atoms. The highest BCUT2D eigenvalue weighted by atomic mass is 19.1. The van der Waals surface area contributed by atoms with Gasteiger partial charge in [0.1, 0.15) is 0 Å². The van der Waals surface area contributed by atoms with Crippen molar-refractivity contribution in [3.63, 3.8) is 0 Å². The lowest BCUT2D eigenvalue weighted by Gasteiger charge is -2.23. The van der Waals surface area contributed by atoms with Gasteiger partial charge in [0, 0.05) is 0 Å². The minimum Gasteiger partial charge on any atom is -0.494 e. The molecule has 1 heterocycles. The van der Waals surface area contributed by atoms with E-state index in [1.165, 1.54) is 25.5 Å². The topological polar surface area (TPSA) is 21.3 Å². The number of methoxy groups -OCH3 is 1. The van der Waals surface area contributed by atoms with E-state index < -0.39 is 0 Å². The molecule has 1 aliphatic rings. The Balaban J connectivity index is 2.13. The van der Waals surface area contributed by atoms with Crippen molar-refractivity contribution >= 4 is 0 Å². The van der Waals surface area contributed by atoms with Crippen molar-refractivity contribution in [2.45, 2.75) is 26.2 Å². The third kappa shape index (κ3) is 2.97. The van der Waals surface area contributed by atoms with E-state index in [0.717, 1.165) is 25.1 Å². The molecule has 0 saturated carbocycles. The van der Waals surface area contributed by atoms with Crippen LogP contribution in [0.3, 0.4) is 0 Å². The molecule has 2 rings (SSSR count). The van der Waals surface area contributed by atoms with Crippen LogP contribution in [-0.4, -0.2) is 20.2 Å². The SMILES string of the molecule is COc1cc(CC2CCNCC2)c(C)cc1F. The van der Waals surface area contributed by atoms with E-state index in [1.807, 2.05) is 13.0 Å². The predicted octanol–water partition coefficient (Wildman–Crippen LogP) is 2.68. The quantitative estimate of drug-likeness (QED) is 0.872. The molecular formula is C14H20FNO. The summed E-state index contributed by atoms with van der Waals surface area (Å²) in [5.41, 5.74) is 2.25. The van der Waals surface area contributed by atoms with Gasteiger partial charge in [-0.2, -0.15) is 0 Å². The van der Waals surface area contributed by atoms with Crippen LogP contribution in [-0.2, 0) is 6.42 Å². The smallest absolute Gasteiger partial charge is 0.165 e. The van der Waals surface area contributed by atoms with Crippen molar-refractivity contribution in [3.05, 3.63) is 29.1 Å². The highest BCUT2D eigenvalue weighted by Crippen LogP contribution is 2.26. The summed E-state index contributed by atoms with van der Waals surface area (Å²) in [6.07, 6.45) is 3.45. The first kappa shape index (κ1) is 12.4. The number of hydrogen-bond donors (Lipinski definition) is 1. The summed E-state index contributed by atoms with van der Waals surface area (Å²) >= 11 is 0. The van der Waals surface area contributed by atoms with E-state index in [2.05, 4.69) is 5.32 Å². The molecule has 0 radical (unpaired) electrons. The summed E-state index contributed by atoms with van der Waals surface area (Å²) in [4.78, 5) is 0. The van der Waals surface area contributed by atoms with Gasteiger partial charge < -0.3 is 10.1 Å². The van der Waals surface area contributed by atoms with Crippen LogP contribution in [0.2, 0.25) is 0 Å². The second-order valence-electron chi connectivity index (χ2n) is 4.81. The molecule has 1 aromatic carbocycles. The van der Waals surface area contributed by atoms with E-state index in [4.69, 9.17) is 4.74 Å². The standard InChI is InChI=1S/C14H20FNO/c1-10-7-13(15)14(17-2)9-12(10)8-11-3-5-16-6-4-11/h7,9,11,16H,3-6,8H2,1-2H3. The molecule has 0 aromatic heterocycles. The molecular weight excluding hydrogens is 217 g/mol. The Morgan fingerprint density at radius 1 is 1.35 bits per heavy atom. The number of piperidine rings is 1. The Hall–Kier alpha value is -1.09. The van der Waals surface area contributed by atoms with Crippen molar-refractivity contribution in [2.24, 2.45) is 5.92 Å². The Morgan fingerprint density at radius 2 is 2.06 bits per heavy atom. The van der Waals surface area contributed by atoms with Gasteiger partial charge in [-0.15, -0.1) is 0 Å². The maximum Gasteiger partial charge on any atom is 0.165 e. The van der Waals surface area contributed by atoms with Gasteiger partial charge in [0.15, 0.2) is 11.6 Å². The highest BCUT2D eigenvalue weighted by Gasteiger charge is 2.16. The molecule has 1 fully saturated rings. The number of aryl methyl sites for hydroxylation is 1. The minimum atomic E-state index is -0.265. The molecule has 0 amide bonds. The Kier molecular flexibility index (Phi) is 4.00. The molecule has 1 aliphatic heterocycles. The summed E-state index contributed by atoms with van der Waals surface area (Å²) in [5, 5.41) is 3.36. The molecule has 0 bridgehead atoms. The summed E-state index contributed by atoms with van der Waals surface area (Å²) in [7, 11) is 1.52. The van der Waals surface area contributed by atoms with Crippen LogP contribution in [0.5, 0.6) is 5.75 Å². The van der Waals surface area contributed by atoms with Crippen LogP contribution in [0.1, 0.15) is 24.0 Å². The van der Waals surface area contributed by atoms with Crippen molar-refractivity contribution in [3.8, 4) is 5.75 Å². The fourth-order valence-electron chi connectivity index (χ4n) is 2.47. The molecule has 0 aliphatic carbocycles. The van der Waals surface area contributed by atoms with Gasteiger partial charge >= 0.3 is 0 Å². The molecule has 0 unspecified atom stereocenters. The molecule has 1 saturated heterocycles. The van der Waals surface area contributed by atoms with Gasteiger partial charge in [0.05, 0.1) is 7.11 Å². The molecule has 3 heteroatoms. The fourth-order valence-corrected chi connectivity index (χ4v) is 2.47. The van der Waals surface area contributed by atoms with Gasteiger partial charge in [-0.3, -0.25) is 0 Å². The monoisotopic (exact) mass is 237 g/mol. The van der Waals surface area contributed by atoms with Gasteiger partial charge in [-0.05, 0) is 68.5 Å². The normalized spacial score (nSPS) is 17.1. The molecule has 1 N–H and O–H groups in total. The van der Waals surface area contributed by atoms with Crippen LogP contribution >= 0.6 is 0 Å². The lowest BCUT2D eigenvalue weighted by Crippen LogP contribution is -2.28. The number of ether oxygens (including phenoxy) is 1. The highest BCUT2D eigenvalue weighted by molar-refractivity contribution is 5.36. The van der Waals surface area contributed by atoms with E-state index in [1.54, 1.807) is 6.07 Å². The number of nitrogens with one attached hydrogen (secondary N) is 1. The summed E-state index contributed by atoms with van der Waals surface area (Å²) in [6, 6.07) is 3.43. The summed E-state index contributed by atoms with van der Waals surface area (Å²) in [6.45, 7) is 4.17. The van der Waals surface area contributed by atoms with Crippen molar-refractivity contribution in [1.82, 2.24) is 5.32 Å². The van der Waals surface area contributed by atoms with Gasteiger partial charge in [0.2, 0.25) is 0 Å². The number of rotatable bonds is 3. The second kappa shape index (κ2) is 5.50. The van der Waals surface area contributed by atoms with Crippen LogP contribution < -0.4 is 10.1 Å².